The highest BCUT2D eigenvalue weighted by Crippen LogP contribution is 2.24. The minimum atomic E-state index is -0.806. The van der Waals surface area contributed by atoms with Crippen molar-refractivity contribution in [1.29, 1.82) is 0 Å². The lowest BCUT2D eigenvalue weighted by Gasteiger charge is -2.11. The van der Waals surface area contributed by atoms with Gasteiger partial charge in [-0.2, -0.15) is 0 Å². The number of hydrogen-bond acceptors (Lipinski definition) is 3. The molecule has 102 valence electrons. The van der Waals surface area contributed by atoms with Crippen LogP contribution in [0.5, 0.6) is 0 Å². The van der Waals surface area contributed by atoms with Crippen molar-refractivity contribution in [3.63, 3.8) is 0 Å². The Morgan fingerprint density at radius 3 is 2.70 bits per heavy atom. The van der Waals surface area contributed by atoms with Crippen LogP contribution in [-0.2, 0) is 11.1 Å². The van der Waals surface area contributed by atoms with Crippen LogP contribution in [0.3, 0.4) is 0 Å². The number of rotatable bonds is 4. The fourth-order valence-corrected chi connectivity index (χ4v) is 2.72. The van der Waals surface area contributed by atoms with Gasteiger partial charge < -0.3 is 15.0 Å². The van der Waals surface area contributed by atoms with Crippen LogP contribution >= 0.6 is 0 Å². The van der Waals surface area contributed by atoms with Crippen molar-refractivity contribution in [3.05, 3.63) is 65.2 Å². The molecule has 0 fully saturated rings. The van der Waals surface area contributed by atoms with Crippen molar-refractivity contribution in [2.24, 2.45) is 0 Å². The first kappa shape index (κ1) is 13.4. The van der Waals surface area contributed by atoms with E-state index < -0.39 is 7.12 Å². The molecule has 1 atom stereocenters. The normalized spacial score (nSPS) is 17.3. The van der Waals surface area contributed by atoms with E-state index in [2.05, 4.69) is 35.6 Å². The monoisotopic (exact) mass is 267 g/mol. The van der Waals surface area contributed by atoms with Crippen LogP contribution in [0.1, 0.15) is 22.8 Å². The molecule has 0 radical (unpaired) electrons. The Kier molecular flexibility index (Phi) is 3.87. The number of hydrogen-bond donors (Lipinski definition) is 2. The zero-order valence-corrected chi connectivity index (χ0v) is 11.5. The van der Waals surface area contributed by atoms with Gasteiger partial charge in [-0.25, -0.2) is 0 Å². The summed E-state index contributed by atoms with van der Waals surface area (Å²) in [5.41, 5.74) is 4.46. The average molecular weight is 267 g/mol. The number of nitrogens with one attached hydrogen (secondary N) is 1. The predicted octanol–water partition coefficient (Wildman–Crippen LogP) is 1.26. The molecule has 2 aromatic rings. The third-order valence-electron chi connectivity index (χ3n) is 3.70. The molecule has 0 saturated heterocycles. The maximum absolute atomic E-state index is 10.0. The van der Waals surface area contributed by atoms with Gasteiger partial charge in [0.25, 0.3) is 0 Å². The Morgan fingerprint density at radius 2 is 1.95 bits per heavy atom. The largest absolute Gasteiger partial charge is 0.492 e. The molecular formula is C16H18BNO2. The van der Waals surface area contributed by atoms with Crippen molar-refractivity contribution in [3.8, 4) is 0 Å². The molecule has 0 saturated carbocycles. The summed E-state index contributed by atoms with van der Waals surface area (Å²) in [4.78, 5) is 0. The molecule has 2 aromatic carbocycles. The van der Waals surface area contributed by atoms with Gasteiger partial charge in [0.1, 0.15) is 0 Å². The quantitative estimate of drug-likeness (QED) is 0.819. The van der Waals surface area contributed by atoms with E-state index in [0.717, 1.165) is 17.4 Å². The van der Waals surface area contributed by atoms with Crippen LogP contribution in [0.15, 0.2) is 48.5 Å². The van der Waals surface area contributed by atoms with E-state index in [-0.39, 0.29) is 6.10 Å². The summed E-state index contributed by atoms with van der Waals surface area (Å²) in [5.74, 6) is 0. The molecular weight excluding hydrogens is 249 g/mol. The standard InChI is InChI=1S/C16H18BNO2/c1-18-11-16-14-8-7-13(10-15(14)17(19)20-16)9-12-5-3-2-4-6-12/h2-8,10,16,18-19H,9,11H2,1H3. The molecule has 0 amide bonds. The molecule has 0 aliphatic carbocycles. The highest BCUT2D eigenvalue weighted by atomic mass is 16.5. The molecule has 1 aliphatic rings. The summed E-state index contributed by atoms with van der Waals surface area (Å²) >= 11 is 0. The Labute approximate surface area is 119 Å². The summed E-state index contributed by atoms with van der Waals surface area (Å²) in [7, 11) is 1.08. The van der Waals surface area contributed by atoms with Gasteiger partial charge in [-0.05, 0) is 35.6 Å². The van der Waals surface area contributed by atoms with Crippen LogP contribution in [0.4, 0.5) is 0 Å². The fourth-order valence-electron chi connectivity index (χ4n) is 2.72. The van der Waals surface area contributed by atoms with E-state index in [4.69, 9.17) is 4.65 Å². The highest BCUT2D eigenvalue weighted by Gasteiger charge is 2.34. The summed E-state index contributed by atoms with van der Waals surface area (Å²) in [6, 6.07) is 16.6. The molecule has 4 heteroatoms. The molecule has 3 nitrogen and oxygen atoms in total. The summed E-state index contributed by atoms with van der Waals surface area (Å²) in [5, 5.41) is 13.1. The zero-order valence-electron chi connectivity index (χ0n) is 11.5. The van der Waals surface area contributed by atoms with Crippen LogP contribution in [0.2, 0.25) is 0 Å². The molecule has 2 N–H and O–H groups in total. The molecule has 1 unspecified atom stereocenters. The van der Waals surface area contributed by atoms with Gasteiger partial charge in [0.05, 0.1) is 6.10 Å². The van der Waals surface area contributed by atoms with Crippen molar-refractivity contribution < 1.29 is 9.68 Å². The SMILES string of the molecule is CNCC1OB(O)c2cc(Cc3ccccc3)ccc21. The molecule has 1 aliphatic heterocycles. The van der Waals surface area contributed by atoms with Crippen LogP contribution < -0.4 is 10.8 Å². The van der Waals surface area contributed by atoms with E-state index in [9.17, 15) is 5.02 Å². The van der Waals surface area contributed by atoms with Crippen LogP contribution in [0, 0.1) is 0 Å². The molecule has 0 bridgehead atoms. The average Bonchev–Trinajstić information content (AvgIpc) is 2.77. The van der Waals surface area contributed by atoms with Gasteiger partial charge >= 0.3 is 7.12 Å². The van der Waals surface area contributed by atoms with Crippen molar-refractivity contribution in [1.82, 2.24) is 5.32 Å². The third-order valence-corrected chi connectivity index (χ3v) is 3.70. The third kappa shape index (κ3) is 2.63. The van der Waals surface area contributed by atoms with Gasteiger partial charge in [0.2, 0.25) is 0 Å². The van der Waals surface area contributed by atoms with E-state index in [1.54, 1.807) is 0 Å². The molecule has 20 heavy (non-hydrogen) atoms. The van der Waals surface area contributed by atoms with Gasteiger partial charge in [0, 0.05) is 6.54 Å². The Bertz CT molecular complexity index is 588. The second-order valence-electron chi connectivity index (χ2n) is 5.16. The summed E-state index contributed by atoms with van der Waals surface area (Å²) in [6.45, 7) is 0.710. The summed E-state index contributed by atoms with van der Waals surface area (Å²) < 4.78 is 5.57. The van der Waals surface area contributed by atoms with Crippen molar-refractivity contribution in [2.75, 3.05) is 13.6 Å². The van der Waals surface area contributed by atoms with Crippen LogP contribution in [0.25, 0.3) is 0 Å². The number of likely N-dealkylation sites (N-methyl/N-ethyl adjacent to an activating group) is 1. The van der Waals surface area contributed by atoms with Crippen LogP contribution in [-0.4, -0.2) is 25.7 Å². The van der Waals surface area contributed by atoms with E-state index in [1.165, 1.54) is 11.1 Å². The number of fused-ring (bicyclic) bond motifs is 1. The topological polar surface area (TPSA) is 41.5 Å². The van der Waals surface area contributed by atoms with Crippen molar-refractivity contribution >= 4 is 12.6 Å². The van der Waals surface area contributed by atoms with E-state index in [1.807, 2.05) is 25.2 Å². The first-order valence-electron chi connectivity index (χ1n) is 6.92. The lowest BCUT2D eigenvalue weighted by molar-refractivity contribution is 0.190. The summed E-state index contributed by atoms with van der Waals surface area (Å²) in [6.07, 6.45) is 0.813. The highest BCUT2D eigenvalue weighted by molar-refractivity contribution is 6.61. The Balaban J connectivity index is 1.85. The molecule has 3 rings (SSSR count). The molecule has 1 heterocycles. The minimum absolute atomic E-state index is 0.0595. The maximum atomic E-state index is 10.0. The second-order valence-corrected chi connectivity index (χ2v) is 5.16. The lowest BCUT2D eigenvalue weighted by Crippen LogP contribution is -2.28. The van der Waals surface area contributed by atoms with E-state index in [0.29, 0.717) is 6.54 Å². The van der Waals surface area contributed by atoms with Gasteiger partial charge in [-0.15, -0.1) is 0 Å². The predicted molar refractivity (Wildman–Crippen MR) is 81.0 cm³/mol. The van der Waals surface area contributed by atoms with Gasteiger partial charge in [0.15, 0.2) is 0 Å². The number of benzene rings is 2. The van der Waals surface area contributed by atoms with Gasteiger partial charge in [-0.1, -0.05) is 48.5 Å². The Morgan fingerprint density at radius 1 is 1.15 bits per heavy atom. The molecule has 0 spiro atoms. The molecule has 0 aromatic heterocycles. The zero-order chi connectivity index (χ0) is 13.9. The maximum Gasteiger partial charge on any atom is 0.492 e. The first-order chi connectivity index (χ1) is 9.78. The van der Waals surface area contributed by atoms with E-state index >= 15 is 0 Å². The first-order valence-corrected chi connectivity index (χ1v) is 6.92. The smallest absolute Gasteiger partial charge is 0.423 e. The Hall–Kier alpha value is -1.62. The second kappa shape index (κ2) is 5.79. The van der Waals surface area contributed by atoms with Crippen molar-refractivity contribution in [2.45, 2.75) is 12.5 Å². The van der Waals surface area contributed by atoms with Gasteiger partial charge in [-0.3, -0.25) is 0 Å². The minimum Gasteiger partial charge on any atom is -0.423 e. The fraction of sp³-hybridized carbons (Fsp3) is 0.250. The lowest BCUT2D eigenvalue weighted by atomic mass is 9.78.